The van der Waals surface area contributed by atoms with Crippen LogP contribution in [0.3, 0.4) is 0 Å². The molecule has 0 radical (unpaired) electrons. The molecule has 0 aliphatic carbocycles. The van der Waals surface area contributed by atoms with Crippen LogP contribution in [-0.4, -0.2) is 67.9 Å². The van der Waals surface area contributed by atoms with Crippen molar-refractivity contribution < 1.29 is 27.9 Å². The number of fused-ring (bicyclic) bond motifs is 1. The van der Waals surface area contributed by atoms with Crippen LogP contribution in [0.15, 0.2) is 29.9 Å². The zero-order valence-electron chi connectivity index (χ0n) is 15.7. The Morgan fingerprint density at radius 2 is 1.97 bits per heavy atom. The van der Waals surface area contributed by atoms with Crippen LogP contribution in [0.5, 0.6) is 0 Å². The van der Waals surface area contributed by atoms with Gasteiger partial charge in [-0.1, -0.05) is 6.07 Å². The zero-order valence-corrected chi connectivity index (χ0v) is 16.5. The maximum absolute atomic E-state index is 12.6. The highest BCUT2D eigenvalue weighted by Gasteiger charge is 2.44. The van der Waals surface area contributed by atoms with Gasteiger partial charge in [0, 0.05) is 50.5 Å². The van der Waals surface area contributed by atoms with Gasteiger partial charge in [0.25, 0.3) is 5.91 Å². The molecule has 2 aromatic heterocycles. The highest BCUT2D eigenvalue weighted by molar-refractivity contribution is 7.12. The summed E-state index contributed by atoms with van der Waals surface area (Å²) in [4.78, 5) is 27.0. The molecular weight excluding hydrogens is 409 g/mol. The van der Waals surface area contributed by atoms with Crippen LogP contribution in [0, 0.1) is 0 Å². The molecule has 0 saturated carbocycles. The van der Waals surface area contributed by atoms with E-state index in [1.54, 1.807) is 11.3 Å². The molecule has 2 atom stereocenters. The van der Waals surface area contributed by atoms with Gasteiger partial charge in [-0.15, -0.1) is 11.3 Å². The second-order valence-corrected chi connectivity index (χ2v) is 7.93. The normalized spacial score (nSPS) is 21.6. The van der Waals surface area contributed by atoms with E-state index in [0.29, 0.717) is 12.1 Å². The number of aromatic nitrogens is 2. The molecule has 4 rings (SSSR count). The van der Waals surface area contributed by atoms with Crippen molar-refractivity contribution in [1.82, 2.24) is 19.6 Å². The number of halogens is 3. The number of thiophene rings is 1. The first-order chi connectivity index (χ1) is 13.7. The number of amides is 1. The van der Waals surface area contributed by atoms with E-state index in [2.05, 4.69) is 21.1 Å². The van der Waals surface area contributed by atoms with Crippen LogP contribution in [-0.2, 0) is 18.4 Å². The molecular formula is C18H21F3N4O3S. The summed E-state index contributed by atoms with van der Waals surface area (Å²) in [5.41, 5.74) is 1.26. The van der Waals surface area contributed by atoms with Crippen molar-refractivity contribution in [3.63, 3.8) is 0 Å². The average Bonchev–Trinajstić information content (AvgIpc) is 3.40. The second kappa shape index (κ2) is 8.54. The Balaban J connectivity index is 0.000000298. The molecule has 158 valence electrons. The predicted molar refractivity (Wildman–Crippen MR) is 99.5 cm³/mol. The van der Waals surface area contributed by atoms with Gasteiger partial charge < -0.3 is 10.0 Å². The standard InChI is InChI=1S/C16H20N4OS.C2HF3O2/c1-18-10-12(9-17-18)11-19-6-4-14-13(19)5-7-20(14)16(21)15-3-2-8-22-15;3-2(4,5)1(6)7/h2-3,8-10,13-14H,4-7,11H2,1H3;(H,6,7)/t13-,14+;/m0./s1. The summed E-state index contributed by atoms with van der Waals surface area (Å²) in [6.45, 7) is 2.89. The fourth-order valence-electron chi connectivity index (χ4n) is 3.85. The Morgan fingerprint density at radius 1 is 1.28 bits per heavy atom. The van der Waals surface area contributed by atoms with E-state index in [-0.39, 0.29) is 5.91 Å². The monoisotopic (exact) mass is 430 g/mol. The van der Waals surface area contributed by atoms with E-state index in [0.717, 1.165) is 37.4 Å². The van der Waals surface area contributed by atoms with Crippen molar-refractivity contribution in [3.8, 4) is 0 Å². The number of carboxylic acid groups (broad SMARTS) is 1. The van der Waals surface area contributed by atoms with E-state index in [9.17, 15) is 18.0 Å². The first-order valence-electron chi connectivity index (χ1n) is 9.03. The van der Waals surface area contributed by atoms with E-state index < -0.39 is 12.1 Å². The molecule has 1 N–H and O–H groups in total. The molecule has 0 spiro atoms. The average molecular weight is 430 g/mol. The van der Waals surface area contributed by atoms with E-state index >= 15 is 0 Å². The number of likely N-dealkylation sites (tertiary alicyclic amines) is 2. The summed E-state index contributed by atoms with van der Waals surface area (Å²) in [7, 11) is 1.95. The van der Waals surface area contributed by atoms with Crippen LogP contribution < -0.4 is 0 Å². The number of hydrogen-bond acceptors (Lipinski definition) is 5. The van der Waals surface area contributed by atoms with Crippen LogP contribution in [0.1, 0.15) is 28.1 Å². The third-order valence-corrected chi connectivity index (χ3v) is 5.93. The number of hydrogen-bond donors (Lipinski definition) is 1. The number of aryl methyl sites for hydroxylation is 1. The number of carbonyl (C=O) groups is 2. The van der Waals surface area contributed by atoms with Gasteiger partial charge in [0.05, 0.1) is 11.1 Å². The van der Waals surface area contributed by atoms with E-state index in [4.69, 9.17) is 9.90 Å². The molecule has 2 aliphatic heterocycles. The third-order valence-electron chi connectivity index (χ3n) is 5.07. The lowest BCUT2D eigenvalue weighted by molar-refractivity contribution is -0.192. The quantitative estimate of drug-likeness (QED) is 0.810. The molecule has 0 bridgehead atoms. The minimum Gasteiger partial charge on any atom is -0.475 e. The van der Waals surface area contributed by atoms with Gasteiger partial charge in [-0.25, -0.2) is 4.79 Å². The molecule has 7 nitrogen and oxygen atoms in total. The van der Waals surface area contributed by atoms with Gasteiger partial charge in [0.2, 0.25) is 0 Å². The number of carbonyl (C=O) groups excluding carboxylic acids is 1. The number of aliphatic carboxylic acids is 1. The third kappa shape index (κ3) is 4.96. The first kappa shape index (κ1) is 21.3. The molecule has 2 aromatic rings. The SMILES string of the molecule is Cn1cc(CN2CC[C@@H]3[C@@H]2CCN3C(=O)c2cccs2)cn1.O=C(O)C(F)(F)F. The smallest absolute Gasteiger partial charge is 0.475 e. The largest absolute Gasteiger partial charge is 0.490 e. The van der Waals surface area contributed by atoms with Gasteiger partial charge in [-0.3, -0.25) is 14.4 Å². The summed E-state index contributed by atoms with van der Waals surface area (Å²) in [5.74, 6) is -2.54. The predicted octanol–water partition coefficient (Wildman–Crippen LogP) is 2.60. The molecule has 2 fully saturated rings. The first-order valence-corrected chi connectivity index (χ1v) is 9.91. The van der Waals surface area contributed by atoms with Crippen molar-refractivity contribution in [1.29, 1.82) is 0 Å². The van der Waals surface area contributed by atoms with E-state index in [1.807, 2.05) is 35.4 Å². The Bertz CT molecular complexity index is 853. The van der Waals surface area contributed by atoms with Crippen molar-refractivity contribution in [2.75, 3.05) is 13.1 Å². The van der Waals surface area contributed by atoms with Crippen molar-refractivity contribution in [2.45, 2.75) is 37.6 Å². The molecule has 1 amide bonds. The number of nitrogens with zero attached hydrogens (tertiary/aromatic N) is 4. The highest BCUT2D eigenvalue weighted by atomic mass is 32.1. The summed E-state index contributed by atoms with van der Waals surface area (Å²) >= 11 is 1.54. The molecule has 2 saturated heterocycles. The molecule has 0 aromatic carbocycles. The Labute approximate surface area is 169 Å². The topological polar surface area (TPSA) is 78.7 Å². The van der Waals surface area contributed by atoms with Crippen LogP contribution >= 0.6 is 11.3 Å². The van der Waals surface area contributed by atoms with Gasteiger partial charge >= 0.3 is 12.1 Å². The maximum atomic E-state index is 12.6. The minimum atomic E-state index is -5.08. The maximum Gasteiger partial charge on any atom is 0.490 e. The lowest BCUT2D eigenvalue weighted by atomic mass is 10.1. The van der Waals surface area contributed by atoms with Crippen LogP contribution in [0.25, 0.3) is 0 Å². The molecule has 4 heterocycles. The van der Waals surface area contributed by atoms with Gasteiger partial charge in [-0.2, -0.15) is 18.3 Å². The number of carboxylic acids is 1. The van der Waals surface area contributed by atoms with Gasteiger partial charge in [0.15, 0.2) is 0 Å². The lowest BCUT2D eigenvalue weighted by Gasteiger charge is -2.25. The zero-order chi connectivity index (χ0) is 21.2. The van der Waals surface area contributed by atoms with Gasteiger partial charge in [-0.05, 0) is 24.3 Å². The molecule has 2 aliphatic rings. The summed E-state index contributed by atoms with van der Waals surface area (Å²) < 4.78 is 33.6. The van der Waals surface area contributed by atoms with Crippen molar-refractivity contribution in [3.05, 3.63) is 40.3 Å². The molecule has 11 heteroatoms. The van der Waals surface area contributed by atoms with Crippen molar-refractivity contribution in [2.24, 2.45) is 7.05 Å². The van der Waals surface area contributed by atoms with Gasteiger partial charge in [0.1, 0.15) is 0 Å². The minimum absolute atomic E-state index is 0.214. The molecule has 0 unspecified atom stereocenters. The van der Waals surface area contributed by atoms with E-state index in [1.165, 1.54) is 5.56 Å². The van der Waals surface area contributed by atoms with Crippen molar-refractivity contribution >= 4 is 23.2 Å². The van der Waals surface area contributed by atoms with Crippen LogP contribution in [0.4, 0.5) is 13.2 Å². The summed E-state index contributed by atoms with van der Waals surface area (Å²) in [6.07, 6.45) is 1.11. The molecule has 29 heavy (non-hydrogen) atoms. The van der Waals surface area contributed by atoms with Crippen LogP contribution in [0.2, 0.25) is 0 Å². The fourth-order valence-corrected chi connectivity index (χ4v) is 4.53. The Morgan fingerprint density at radius 3 is 2.52 bits per heavy atom. The summed E-state index contributed by atoms with van der Waals surface area (Å²) in [5, 5.41) is 13.3. The second-order valence-electron chi connectivity index (χ2n) is 6.98. The summed E-state index contributed by atoms with van der Waals surface area (Å²) in [6, 6.07) is 4.77. The Kier molecular flexibility index (Phi) is 6.27. The lowest BCUT2D eigenvalue weighted by Crippen LogP contribution is -2.39. The number of alkyl halides is 3. The Hall–Kier alpha value is -2.40. The number of rotatable bonds is 3. The fraction of sp³-hybridized carbons (Fsp3) is 0.500. The highest BCUT2D eigenvalue weighted by Crippen LogP contribution is 2.34.